The molecule has 1 rings (SSSR count). The highest BCUT2D eigenvalue weighted by molar-refractivity contribution is 6.18. The van der Waals surface area contributed by atoms with Gasteiger partial charge in [-0.15, -0.1) is 11.6 Å². The first-order valence-electron chi connectivity index (χ1n) is 6.32. The highest BCUT2D eigenvalue weighted by Gasteiger charge is 2.09. The van der Waals surface area contributed by atoms with E-state index in [0.29, 0.717) is 23.7 Å². The minimum absolute atomic E-state index is 0.217. The van der Waals surface area contributed by atoms with Crippen LogP contribution in [-0.4, -0.2) is 31.0 Å². The largest absolute Gasteiger partial charge is 0.497 e. The van der Waals surface area contributed by atoms with Crippen LogP contribution in [0.15, 0.2) is 18.2 Å². The van der Waals surface area contributed by atoms with Crippen LogP contribution in [0.25, 0.3) is 0 Å². The zero-order chi connectivity index (χ0) is 13.4. The Bertz CT molecular complexity index is 360. The molecular formula is C14H21ClFNO. The number of methoxy groups -OCH3 is 1. The molecule has 0 aliphatic rings. The topological polar surface area (TPSA) is 12.5 Å². The summed E-state index contributed by atoms with van der Waals surface area (Å²) < 4.78 is 18.8. The van der Waals surface area contributed by atoms with Crippen LogP contribution in [0.2, 0.25) is 0 Å². The smallest absolute Gasteiger partial charge is 0.131 e. The van der Waals surface area contributed by atoms with Crippen molar-refractivity contribution in [3.8, 4) is 5.75 Å². The molecule has 0 heterocycles. The average Bonchev–Trinajstić information content (AvgIpc) is 2.38. The molecule has 0 aromatic heterocycles. The van der Waals surface area contributed by atoms with Gasteiger partial charge in [-0.25, -0.2) is 4.39 Å². The van der Waals surface area contributed by atoms with Crippen LogP contribution in [0, 0.1) is 5.82 Å². The highest BCUT2D eigenvalue weighted by Crippen LogP contribution is 2.18. The zero-order valence-corrected chi connectivity index (χ0v) is 11.8. The maximum Gasteiger partial charge on any atom is 0.131 e. The molecule has 0 radical (unpaired) electrons. The van der Waals surface area contributed by atoms with Gasteiger partial charge < -0.3 is 4.74 Å². The standard InChI is InChI=1S/C14H21ClFNO/c1-3-4-8-17(9-7-15)11-12-5-6-13(18-2)10-14(12)16/h5-6,10H,3-4,7-9,11H2,1-2H3. The molecular weight excluding hydrogens is 253 g/mol. The van der Waals surface area contributed by atoms with E-state index in [9.17, 15) is 4.39 Å². The molecule has 0 saturated heterocycles. The lowest BCUT2D eigenvalue weighted by atomic mass is 10.2. The lowest BCUT2D eigenvalue weighted by Crippen LogP contribution is -2.27. The van der Waals surface area contributed by atoms with Gasteiger partial charge in [-0.1, -0.05) is 19.4 Å². The third kappa shape index (κ3) is 4.83. The van der Waals surface area contributed by atoms with Crippen molar-refractivity contribution in [2.24, 2.45) is 0 Å². The first kappa shape index (κ1) is 15.3. The number of nitrogens with zero attached hydrogens (tertiary/aromatic N) is 1. The molecule has 0 amide bonds. The van der Waals surface area contributed by atoms with E-state index in [1.54, 1.807) is 12.1 Å². The fourth-order valence-electron chi connectivity index (χ4n) is 1.80. The summed E-state index contributed by atoms with van der Waals surface area (Å²) in [6.45, 7) is 4.48. The Morgan fingerprint density at radius 1 is 1.33 bits per heavy atom. The minimum Gasteiger partial charge on any atom is -0.497 e. The van der Waals surface area contributed by atoms with E-state index >= 15 is 0 Å². The van der Waals surface area contributed by atoms with E-state index in [0.717, 1.165) is 25.9 Å². The van der Waals surface area contributed by atoms with Gasteiger partial charge in [0, 0.05) is 30.6 Å². The molecule has 0 saturated carbocycles. The Morgan fingerprint density at radius 2 is 2.11 bits per heavy atom. The molecule has 0 spiro atoms. The van der Waals surface area contributed by atoms with Crippen LogP contribution in [0.4, 0.5) is 4.39 Å². The van der Waals surface area contributed by atoms with Crippen LogP contribution < -0.4 is 4.74 Å². The monoisotopic (exact) mass is 273 g/mol. The van der Waals surface area contributed by atoms with Crippen molar-refractivity contribution < 1.29 is 9.13 Å². The van der Waals surface area contributed by atoms with Gasteiger partial charge in [0.15, 0.2) is 0 Å². The van der Waals surface area contributed by atoms with Gasteiger partial charge in [0.2, 0.25) is 0 Å². The summed E-state index contributed by atoms with van der Waals surface area (Å²) in [6.07, 6.45) is 2.23. The predicted molar refractivity (Wildman–Crippen MR) is 73.9 cm³/mol. The number of alkyl halides is 1. The summed E-state index contributed by atoms with van der Waals surface area (Å²) in [5, 5.41) is 0. The second-order valence-corrected chi connectivity index (χ2v) is 4.65. The molecule has 0 unspecified atom stereocenters. The van der Waals surface area contributed by atoms with E-state index in [1.165, 1.54) is 13.2 Å². The van der Waals surface area contributed by atoms with E-state index in [-0.39, 0.29) is 5.82 Å². The molecule has 2 nitrogen and oxygen atoms in total. The van der Waals surface area contributed by atoms with Crippen molar-refractivity contribution in [1.29, 1.82) is 0 Å². The number of hydrogen-bond donors (Lipinski definition) is 0. The number of hydrogen-bond acceptors (Lipinski definition) is 2. The van der Waals surface area contributed by atoms with Crippen LogP contribution >= 0.6 is 11.6 Å². The molecule has 0 aliphatic carbocycles. The summed E-state index contributed by atoms with van der Waals surface area (Å²) in [5.74, 6) is 0.903. The molecule has 18 heavy (non-hydrogen) atoms. The van der Waals surface area contributed by atoms with Gasteiger partial charge in [0.25, 0.3) is 0 Å². The van der Waals surface area contributed by atoms with E-state index in [2.05, 4.69) is 11.8 Å². The summed E-state index contributed by atoms with van der Waals surface area (Å²) in [4.78, 5) is 2.18. The number of benzene rings is 1. The van der Waals surface area contributed by atoms with Gasteiger partial charge in [0.1, 0.15) is 11.6 Å². The van der Waals surface area contributed by atoms with Crippen molar-refractivity contribution in [3.63, 3.8) is 0 Å². The summed E-state index contributed by atoms with van der Waals surface area (Å²) in [5.41, 5.74) is 0.692. The minimum atomic E-state index is -0.217. The van der Waals surface area contributed by atoms with Crippen molar-refractivity contribution >= 4 is 11.6 Å². The predicted octanol–water partition coefficient (Wildman–Crippen LogP) is 3.68. The van der Waals surface area contributed by atoms with Crippen LogP contribution in [0.3, 0.4) is 0 Å². The lowest BCUT2D eigenvalue weighted by Gasteiger charge is -2.21. The number of halogens is 2. The van der Waals surface area contributed by atoms with E-state index in [1.807, 2.05) is 0 Å². The third-order valence-corrected chi connectivity index (χ3v) is 3.05. The van der Waals surface area contributed by atoms with Crippen LogP contribution in [0.1, 0.15) is 25.3 Å². The SMILES string of the molecule is CCCCN(CCCl)Cc1ccc(OC)cc1F. The molecule has 102 valence electrons. The second kappa shape index (κ2) is 8.33. The van der Waals surface area contributed by atoms with Gasteiger partial charge in [-0.05, 0) is 19.0 Å². The Labute approximate surface area is 114 Å². The second-order valence-electron chi connectivity index (χ2n) is 4.28. The highest BCUT2D eigenvalue weighted by atomic mass is 35.5. The fraction of sp³-hybridized carbons (Fsp3) is 0.571. The molecule has 0 aliphatic heterocycles. The molecule has 1 aromatic carbocycles. The zero-order valence-electron chi connectivity index (χ0n) is 11.1. The number of rotatable bonds is 8. The van der Waals surface area contributed by atoms with Crippen molar-refractivity contribution in [1.82, 2.24) is 4.90 Å². The Hall–Kier alpha value is -0.800. The fourth-order valence-corrected chi connectivity index (χ4v) is 2.03. The molecule has 0 N–H and O–H groups in total. The quantitative estimate of drug-likeness (QED) is 0.670. The summed E-state index contributed by atoms with van der Waals surface area (Å²) >= 11 is 5.77. The van der Waals surface area contributed by atoms with Crippen LogP contribution in [0.5, 0.6) is 5.75 Å². The molecule has 0 bridgehead atoms. The maximum atomic E-state index is 13.8. The Morgan fingerprint density at radius 3 is 2.67 bits per heavy atom. The first-order chi connectivity index (χ1) is 8.71. The van der Waals surface area contributed by atoms with Gasteiger partial charge >= 0.3 is 0 Å². The molecule has 0 fully saturated rings. The van der Waals surface area contributed by atoms with Gasteiger partial charge in [-0.2, -0.15) is 0 Å². The lowest BCUT2D eigenvalue weighted by molar-refractivity contribution is 0.273. The molecule has 1 aromatic rings. The van der Waals surface area contributed by atoms with Gasteiger partial charge in [0.05, 0.1) is 7.11 Å². The summed E-state index contributed by atoms with van der Waals surface area (Å²) in [7, 11) is 1.54. The Balaban J connectivity index is 2.67. The van der Waals surface area contributed by atoms with Crippen LogP contribution in [-0.2, 0) is 6.54 Å². The normalized spacial score (nSPS) is 10.9. The van der Waals surface area contributed by atoms with E-state index in [4.69, 9.17) is 16.3 Å². The van der Waals surface area contributed by atoms with Crippen molar-refractivity contribution in [2.45, 2.75) is 26.3 Å². The molecule has 4 heteroatoms. The average molecular weight is 274 g/mol. The maximum absolute atomic E-state index is 13.8. The third-order valence-electron chi connectivity index (χ3n) is 2.88. The number of ether oxygens (including phenoxy) is 1. The van der Waals surface area contributed by atoms with Gasteiger partial charge in [-0.3, -0.25) is 4.90 Å². The molecule has 0 atom stereocenters. The van der Waals surface area contributed by atoms with E-state index < -0.39 is 0 Å². The number of unbranched alkanes of at least 4 members (excludes halogenated alkanes) is 1. The van der Waals surface area contributed by atoms with Crippen molar-refractivity contribution in [2.75, 3.05) is 26.1 Å². The Kier molecular flexibility index (Phi) is 7.06. The first-order valence-corrected chi connectivity index (χ1v) is 6.85. The summed E-state index contributed by atoms with van der Waals surface area (Å²) in [6, 6.07) is 4.99. The van der Waals surface area contributed by atoms with Crippen molar-refractivity contribution in [3.05, 3.63) is 29.6 Å².